The Morgan fingerprint density at radius 3 is 1.98 bits per heavy atom. The minimum Gasteiger partial charge on any atom is -0.494 e. The van der Waals surface area contributed by atoms with Gasteiger partial charge in [-0.1, -0.05) is 98.5 Å². The summed E-state index contributed by atoms with van der Waals surface area (Å²) in [4.78, 5) is 25.5. The molecule has 0 aliphatic rings. The third kappa shape index (κ3) is 9.30. The molecule has 0 atom stereocenters. The normalized spacial score (nSPS) is 11.0. The highest BCUT2D eigenvalue weighted by molar-refractivity contribution is 6.09. The number of hydrogen-bond donors (Lipinski definition) is 1. The van der Waals surface area contributed by atoms with Gasteiger partial charge in [0, 0.05) is 29.4 Å². The van der Waals surface area contributed by atoms with E-state index in [-0.39, 0.29) is 12.4 Å². The second-order valence-corrected chi connectivity index (χ2v) is 9.79. The first-order valence-corrected chi connectivity index (χ1v) is 14.2. The van der Waals surface area contributed by atoms with Gasteiger partial charge in [-0.25, -0.2) is 4.79 Å². The molecule has 5 heteroatoms. The zero-order chi connectivity index (χ0) is 28.7. The van der Waals surface area contributed by atoms with Crippen LogP contribution in [0.5, 0.6) is 11.5 Å². The van der Waals surface area contributed by atoms with Crippen molar-refractivity contribution in [1.82, 2.24) is 0 Å². The molecule has 4 aromatic rings. The van der Waals surface area contributed by atoms with Gasteiger partial charge in [-0.15, -0.1) is 0 Å². The number of aliphatic hydroxyl groups excluding tert-OH is 1. The van der Waals surface area contributed by atoms with Gasteiger partial charge in [0.2, 0.25) is 0 Å². The van der Waals surface area contributed by atoms with Crippen molar-refractivity contribution in [2.24, 2.45) is 0 Å². The molecule has 1 N–H and O–H groups in total. The molecule has 0 fully saturated rings. The Hall–Kier alpha value is -4.48. The molecule has 0 amide bonds. The topological polar surface area (TPSA) is 72.8 Å². The van der Waals surface area contributed by atoms with E-state index in [9.17, 15) is 9.59 Å². The van der Waals surface area contributed by atoms with Crippen molar-refractivity contribution < 1.29 is 24.2 Å². The van der Waals surface area contributed by atoms with E-state index in [1.807, 2.05) is 60.7 Å². The fourth-order valence-electron chi connectivity index (χ4n) is 4.44. The maximum atomic E-state index is 12.9. The lowest BCUT2D eigenvalue weighted by atomic mass is 10.0. The van der Waals surface area contributed by atoms with Crippen LogP contribution in [0, 0.1) is 0 Å². The van der Waals surface area contributed by atoms with Crippen LogP contribution < -0.4 is 9.47 Å². The van der Waals surface area contributed by atoms with Gasteiger partial charge in [0.15, 0.2) is 5.78 Å². The van der Waals surface area contributed by atoms with Gasteiger partial charge in [-0.3, -0.25) is 4.79 Å². The number of hydrogen-bond acceptors (Lipinski definition) is 5. The van der Waals surface area contributed by atoms with Crippen LogP contribution in [0.4, 0.5) is 0 Å². The van der Waals surface area contributed by atoms with E-state index in [1.165, 1.54) is 6.08 Å². The van der Waals surface area contributed by atoms with E-state index < -0.39 is 5.97 Å². The highest BCUT2D eigenvalue weighted by Gasteiger charge is 2.10. The molecule has 0 aliphatic heterocycles. The lowest BCUT2D eigenvalue weighted by Gasteiger charge is -2.09. The number of rotatable bonds is 15. The molecule has 210 valence electrons. The summed E-state index contributed by atoms with van der Waals surface area (Å²) in [6.07, 6.45) is 9.40. The summed E-state index contributed by atoms with van der Waals surface area (Å²) in [6, 6.07) is 31.5. The van der Waals surface area contributed by atoms with Crippen LogP contribution in [0.3, 0.4) is 0 Å². The second-order valence-electron chi connectivity index (χ2n) is 9.79. The Morgan fingerprint density at radius 2 is 1.27 bits per heavy atom. The van der Waals surface area contributed by atoms with Crippen molar-refractivity contribution in [2.75, 3.05) is 13.2 Å². The molecule has 0 bridgehead atoms. The Labute approximate surface area is 242 Å². The lowest BCUT2D eigenvalue weighted by Crippen LogP contribution is -2.04. The van der Waals surface area contributed by atoms with Crippen LogP contribution >= 0.6 is 0 Å². The number of ketones is 1. The predicted octanol–water partition coefficient (Wildman–Crippen LogP) is 7.92. The first-order chi connectivity index (χ1) is 20.1. The Balaban J connectivity index is 1.26. The number of aliphatic hydroxyl groups is 1. The number of unbranched alkanes of at least 4 members (excludes halogenated alkanes) is 5. The summed E-state index contributed by atoms with van der Waals surface area (Å²) in [5, 5.41) is 8.81. The summed E-state index contributed by atoms with van der Waals surface area (Å²) in [6.45, 7) is 0.921. The molecule has 0 radical (unpaired) electrons. The largest absolute Gasteiger partial charge is 0.494 e. The predicted molar refractivity (Wildman–Crippen MR) is 163 cm³/mol. The summed E-state index contributed by atoms with van der Waals surface area (Å²) in [7, 11) is 0. The molecule has 0 heterocycles. The summed E-state index contributed by atoms with van der Waals surface area (Å²) < 4.78 is 11.4. The van der Waals surface area contributed by atoms with E-state index in [1.54, 1.807) is 48.5 Å². The second kappa shape index (κ2) is 15.9. The summed E-state index contributed by atoms with van der Waals surface area (Å²) >= 11 is 0. The van der Waals surface area contributed by atoms with Crippen molar-refractivity contribution in [2.45, 2.75) is 38.5 Å². The van der Waals surface area contributed by atoms with E-state index in [0.29, 0.717) is 23.5 Å². The number of para-hydroxylation sites is 1. The molecule has 41 heavy (non-hydrogen) atoms. The van der Waals surface area contributed by atoms with Gasteiger partial charge in [-0.2, -0.15) is 0 Å². The minimum absolute atomic E-state index is 0.0770. The van der Waals surface area contributed by atoms with Gasteiger partial charge in [0.1, 0.15) is 11.5 Å². The fraction of sp³-hybridized carbons (Fsp3) is 0.222. The third-order valence-electron chi connectivity index (χ3n) is 6.70. The van der Waals surface area contributed by atoms with E-state index in [4.69, 9.17) is 14.6 Å². The van der Waals surface area contributed by atoms with Crippen LogP contribution in [0.15, 0.2) is 109 Å². The van der Waals surface area contributed by atoms with Gasteiger partial charge in [0.25, 0.3) is 0 Å². The average molecular weight is 549 g/mol. The molecule has 0 aromatic heterocycles. The maximum Gasteiger partial charge on any atom is 0.336 e. The van der Waals surface area contributed by atoms with E-state index in [0.717, 1.165) is 61.0 Å². The summed E-state index contributed by atoms with van der Waals surface area (Å²) in [5.74, 6) is 0.692. The summed E-state index contributed by atoms with van der Waals surface area (Å²) in [5.41, 5.74) is 3.76. The molecule has 4 rings (SSSR count). The zero-order valence-electron chi connectivity index (χ0n) is 23.2. The maximum absolute atomic E-state index is 12.9. The molecule has 4 aromatic carbocycles. The average Bonchev–Trinajstić information content (AvgIpc) is 3.02. The highest BCUT2D eigenvalue weighted by atomic mass is 16.5. The first kappa shape index (κ1) is 29.5. The van der Waals surface area contributed by atoms with Crippen LogP contribution in [0.25, 0.3) is 17.2 Å². The van der Waals surface area contributed by atoms with Crippen molar-refractivity contribution in [3.63, 3.8) is 0 Å². The third-order valence-corrected chi connectivity index (χ3v) is 6.70. The monoisotopic (exact) mass is 548 g/mol. The molecule has 0 spiro atoms. The van der Waals surface area contributed by atoms with Crippen LogP contribution in [-0.4, -0.2) is 30.1 Å². The lowest BCUT2D eigenvalue weighted by molar-refractivity contribution is -0.128. The number of carbonyl (C=O) groups excluding carboxylic acids is 2. The number of ether oxygens (including phenoxy) is 2. The quantitative estimate of drug-likeness (QED) is 0.0537. The molecule has 0 saturated carbocycles. The van der Waals surface area contributed by atoms with Crippen molar-refractivity contribution in [1.29, 1.82) is 0 Å². The SMILES string of the molecule is O=C(C=Cc1ccc(C(=O)c2ccc(OCCCCCCCCO)cc2)cc1)Oc1ccccc1-c1ccccc1. The van der Waals surface area contributed by atoms with Gasteiger partial charge in [-0.05, 0) is 60.4 Å². The van der Waals surface area contributed by atoms with Crippen LogP contribution in [0.1, 0.15) is 60.0 Å². The van der Waals surface area contributed by atoms with Crippen molar-refractivity contribution in [3.05, 3.63) is 126 Å². The molecule has 0 aliphatic carbocycles. The van der Waals surface area contributed by atoms with Gasteiger partial charge in [0.05, 0.1) is 6.61 Å². The van der Waals surface area contributed by atoms with Crippen molar-refractivity contribution in [3.8, 4) is 22.6 Å². The van der Waals surface area contributed by atoms with E-state index >= 15 is 0 Å². The van der Waals surface area contributed by atoms with E-state index in [2.05, 4.69) is 0 Å². The zero-order valence-corrected chi connectivity index (χ0v) is 23.2. The standard InChI is InChI=1S/C36H36O5/c37-26-10-3-1-2-4-11-27-40-32-23-21-31(22-24-32)36(39)30-19-16-28(17-20-30)18-25-35(38)41-34-15-9-8-14-33(34)29-12-6-5-7-13-29/h5-9,12-25,37H,1-4,10-11,26-27H2. The molecule has 5 nitrogen and oxygen atoms in total. The Kier molecular flexibility index (Phi) is 11.5. The smallest absolute Gasteiger partial charge is 0.336 e. The number of esters is 1. The van der Waals surface area contributed by atoms with Crippen LogP contribution in [0.2, 0.25) is 0 Å². The fourth-order valence-corrected chi connectivity index (χ4v) is 4.44. The van der Waals surface area contributed by atoms with Gasteiger partial charge < -0.3 is 14.6 Å². The molecule has 0 saturated heterocycles. The Morgan fingerprint density at radius 1 is 0.659 bits per heavy atom. The molecular weight excluding hydrogens is 512 g/mol. The molecule has 0 unspecified atom stereocenters. The first-order valence-electron chi connectivity index (χ1n) is 14.2. The molecular formula is C36H36O5. The Bertz CT molecular complexity index is 1410. The van der Waals surface area contributed by atoms with Crippen LogP contribution in [-0.2, 0) is 4.79 Å². The number of benzene rings is 4. The van der Waals surface area contributed by atoms with Gasteiger partial charge >= 0.3 is 5.97 Å². The van der Waals surface area contributed by atoms with Crippen molar-refractivity contribution >= 4 is 17.8 Å². The minimum atomic E-state index is -0.478. The highest BCUT2D eigenvalue weighted by Crippen LogP contribution is 2.29. The number of carbonyl (C=O) groups is 2.